The molecule has 0 aliphatic heterocycles. The maximum Gasteiger partial charge on any atom is 0.313 e. The number of phenolic OH excluding ortho intramolecular Hbond substituents is 1. The van der Waals surface area contributed by atoms with Gasteiger partial charge in [-0.3, -0.25) is 4.79 Å². The van der Waals surface area contributed by atoms with E-state index in [2.05, 4.69) is 0 Å². The van der Waals surface area contributed by atoms with Crippen molar-refractivity contribution in [1.29, 1.82) is 0 Å². The predicted molar refractivity (Wildman–Crippen MR) is 73.9 cm³/mol. The van der Waals surface area contributed by atoms with Crippen molar-refractivity contribution in [3.63, 3.8) is 0 Å². The van der Waals surface area contributed by atoms with Crippen molar-refractivity contribution in [3.8, 4) is 17.2 Å². The first kappa shape index (κ1) is 16.1. The van der Waals surface area contributed by atoms with Crippen molar-refractivity contribution in [2.45, 2.75) is 19.9 Å². The van der Waals surface area contributed by atoms with Gasteiger partial charge in [-0.15, -0.1) is 0 Å². The van der Waals surface area contributed by atoms with Gasteiger partial charge in [-0.25, -0.2) is 0 Å². The van der Waals surface area contributed by atoms with Gasteiger partial charge in [0.1, 0.15) is 0 Å². The zero-order valence-electron chi connectivity index (χ0n) is 12.4. The van der Waals surface area contributed by atoms with Crippen molar-refractivity contribution < 1.29 is 24.1 Å². The number of rotatable bonds is 5. The van der Waals surface area contributed by atoms with Gasteiger partial charge in [0.15, 0.2) is 11.5 Å². The van der Waals surface area contributed by atoms with Gasteiger partial charge in [0.2, 0.25) is 5.75 Å². The summed E-state index contributed by atoms with van der Waals surface area (Å²) in [5, 5.41) is 9.87. The molecule has 0 fully saturated rings. The maximum atomic E-state index is 11.8. The molecule has 6 nitrogen and oxygen atoms in total. The summed E-state index contributed by atoms with van der Waals surface area (Å²) in [6, 6.07) is 2.51. The van der Waals surface area contributed by atoms with Crippen LogP contribution in [0.15, 0.2) is 12.1 Å². The molecule has 1 atom stereocenters. The first-order chi connectivity index (χ1) is 9.29. The number of aromatic hydroxyl groups is 1. The molecule has 0 aromatic heterocycles. The molecule has 0 spiro atoms. The monoisotopic (exact) mass is 283 g/mol. The lowest BCUT2D eigenvalue weighted by Gasteiger charge is -2.29. The molecule has 0 saturated carbocycles. The molecule has 0 amide bonds. The normalized spacial score (nSPS) is 12.7. The topological polar surface area (TPSA) is 91.0 Å². The predicted octanol–water partition coefficient (Wildman–Crippen LogP) is 1.61. The van der Waals surface area contributed by atoms with Gasteiger partial charge in [0, 0.05) is 6.04 Å². The molecule has 0 aliphatic carbocycles. The molecule has 0 radical (unpaired) electrons. The fraction of sp³-hybridized carbons (Fsp3) is 0.500. The number of phenols is 1. The summed E-state index contributed by atoms with van der Waals surface area (Å²) in [4.78, 5) is 11.8. The minimum atomic E-state index is -0.929. The number of carbonyl (C=O) groups is 1. The summed E-state index contributed by atoms with van der Waals surface area (Å²) in [5.74, 6) is -0.0660. The van der Waals surface area contributed by atoms with Gasteiger partial charge in [-0.2, -0.15) is 0 Å². The van der Waals surface area contributed by atoms with Crippen LogP contribution >= 0.6 is 0 Å². The lowest BCUT2D eigenvalue weighted by molar-refractivity contribution is -0.152. The number of hydrogen-bond acceptors (Lipinski definition) is 6. The lowest BCUT2D eigenvalue weighted by Crippen LogP contribution is -2.37. The first-order valence-electron chi connectivity index (χ1n) is 6.08. The van der Waals surface area contributed by atoms with E-state index in [1.807, 2.05) is 0 Å². The summed E-state index contributed by atoms with van der Waals surface area (Å²) in [5.41, 5.74) is 5.83. The summed E-state index contributed by atoms with van der Waals surface area (Å²) >= 11 is 0. The van der Waals surface area contributed by atoms with Crippen LogP contribution in [0, 0.1) is 5.41 Å². The minimum Gasteiger partial charge on any atom is -0.502 e. The van der Waals surface area contributed by atoms with E-state index in [1.165, 1.54) is 21.3 Å². The molecule has 0 aliphatic rings. The largest absolute Gasteiger partial charge is 0.502 e. The highest BCUT2D eigenvalue weighted by atomic mass is 16.5. The second kappa shape index (κ2) is 6.00. The number of esters is 1. The van der Waals surface area contributed by atoms with Crippen LogP contribution in [0.1, 0.15) is 25.5 Å². The average Bonchev–Trinajstić information content (AvgIpc) is 2.45. The molecular weight excluding hydrogens is 262 g/mol. The molecule has 0 bridgehead atoms. The number of carbonyl (C=O) groups excluding carboxylic acids is 1. The van der Waals surface area contributed by atoms with Gasteiger partial charge in [-0.1, -0.05) is 0 Å². The van der Waals surface area contributed by atoms with Crippen LogP contribution < -0.4 is 15.2 Å². The van der Waals surface area contributed by atoms with E-state index in [9.17, 15) is 9.90 Å². The standard InChI is InChI=1S/C14H21NO5/c1-14(2,13(17)20-5)12(15)8-6-9(18-3)11(16)10(7-8)19-4/h6-7,12,16H,15H2,1-5H3/t12-/m0/s1. The van der Waals surface area contributed by atoms with Crippen LogP contribution in [-0.4, -0.2) is 32.4 Å². The molecule has 0 heterocycles. The number of nitrogens with two attached hydrogens (primary N) is 1. The molecule has 1 aromatic rings. The van der Waals surface area contributed by atoms with Gasteiger partial charge in [-0.05, 0) is 31.5 Å². The van der Waals surface area contributed by atoms with Crippen molar-refractivity contribution in [2.24, 2.45) is 11.1 Å². The number of benzene rings is 1. The van der Waals surface area contributed by atoms with Crippen LogP contribution in [0.3, 0.4) is 0 Å². The third kappa shape index (κ3) is 2.80. The molecule has 1 rings (SSSR count). The Morgan fingerprint density at radius 3 is 2.00 bits per heavy atom. The van der Waals surface area contributed by atoms with E-state index in [4.69, 9.17) is 19.9 Å². The minimum absolute atomic E-state index is 0.109. The molecule has 0 unspecified atom stereocenters. The molecular formula is C14H21NO5. The summed E-state index contributed by atoms with van der Waals surface area (Å²) in [7, 11) is 4.17. The molecule has 0 saturated heterocycles. The highest BCUT2D eigenvalue weighted by molar-refractivity contribution is 5.77. The lowest BCUT2D eigenvalue weighted by atomic mass is 9.81. The summed E-state index contributed by atoms with van der Waals surface area (Å²) in [6.07, 6.45) is 0. The second-order valence-electron chi connectivity index (χ2n) is 4.96. The van der Waals surface area contributed by atoms with Crippen molar-refractivity contribution >= 4 is 5.97 Å². The second-order valence-corrected chi connectivity index (χ2v) is 4.96. The Kier molecular flexibility index (Phi) is 4.83. The fourth-order valence-electron chi connectivity index (χ4n) is 1.90. The van der Waals surface area contributed by atoms with Crippen LogP contribution in [0.4, 0.5) is 0 Å². The van der Waals surface area contributed by atoms with Crippen molar-refractivity contribution in [1.82, 2.24) is 0 Å². The van der Waals surface area contributed by atoms with Gasteiger partial charge < -0.3 is 25.1 Å². The third-order valence-corrected chi connectivity index (χ3v) is 3.35. The number of ether oxygens (including phenoxy) is 3. The fourth-order valence-corrected chi connectivity index (χ4v) is 1.90. The molecule has 6 heteroatoms. The van der Waals surface area contributed by atoms with Crippen molar-refractivity contribution in [2.75, 3.05) is 21.3 Å². The van der Waals surface area contributed by atoms with Gasteiger partial charge in [0.25, 0.3) is 0 Å². The Labute approximate surface area is 118 Å². The zero-order valence-corrected chi connectivity index (χ0v) is 12.4. The van der Waals surface area contributed by atoms with Crippen LogP contribution in [-0.2, 0) is 9.53 Å². The van der Waals surface area contributed by atoms with E-state index in [0.717, 1.165) is 0 Å². The first-order valence-corrected chi connectivity index (χ1v) is 6.08. The number of hydrogen-bond donors (Lipinski definition) is 2. The Hall–Kier alpha value is -1.95. The van der Waals surface area contributed by atoms with Crippen LogP contribution in [0.5, 0.6) is 17.2 Å². The summed E-state index contributed by atoms with van der Waals surface area (Å²) < 4.78 is 14.9. The van der Waals surface area contributed by atoms with Gasteiger partial charge in [0.05, 0.1) is 26.7 Å². The number of methoxy groups -OCH3 is 3. The van der Waals surface area contributed by atoms with Crippen LogP contribution in [0.25, 0.3) is 0 Å². The SMILES string of the molecule is COC(=O)C(C)(C)[C@@H](N)c1cc(OC)c(O)c(OC)c1. The quantitative estimate of drug-likeness (QED) is 0.798. The molecule has 112 valence electrons. The smallest absolute Gasteiger partial charge is 0.313 e. The Morgan fingerprint density at radius 2 is 1.65 bits per heavy atom. The van der Waals surface area contributed by atoms with E-state index in [1.54, 1.807) is 26.0 Å². The Morgan fingerprint density at radius 1 is 1.20 bits per heavy atom. The third-order valence-electron chi connectivity index (χ3n) is 3.35. The van der Waals surface area contributed by atoms with E-state index < -0.39 is 17.4 Å². The van der Waals surface area contributed by atoms with E-state index in [0.29, 0.717) is 5.56 Å². The average molecular weight is 283 g/mol. The zero-order chi connectivity index (χ0) is 15.5. The maximum absolute atomic E-state index is 11.8. The Bertz CT molecular complexity index is 473. The van der Waals surface area contributed by atoms with Gasteiger partial charge >= 0.3 is 5.97 Å². The van der Waals surface area contributed by atoms with E-state index in [-0.39, 0.29) is 17.2 Å². The Balaban J connectivity index is 3.29. The summed E-state index contributed by atoms with van der Waals surface area (Å²) in [6.45, 7) is 3.38. The molecule has 20 heavy (non-hydrogen) atoms. The van der Waals surface area contributed by atoms with Crippen molar-refractivity contribution in [3.05, 3.63) is 17.7 Å². The van der Waals surface area contributed by atoms with E-state index >= 15 is 0 Å². The molecule has 1 aromatic carbocycles. The molecule has 3 N–H and O–H groups in total. The highest BCUT2D eigenvalue weighted by Gasteiger charge is 2.37. The highest BCUT2D eigenvalue weighted by Crippen LogP contribution is 2.41. The van der Waals surface area contributed by atoms with Crippen LogP contribution in [0.2, 0.25) is 0 Å².